The van der Waals surface area contributed by atoms with Gasteiger partial charge in [0.25, 0.3) is 0 Å². The molecular weight excluding hydrogens is 112 g/mol. The number of hydrogen-bond acceptors (Lipinski definition) is 1. The van der Waals surface area contributed by atoms with E-state index >= 15 is 0 Å². The van der Waals surface area contributed by atoms with E-state index in [0.717, 1.165) is 18.8 Å². The third kappa shape index (κ3) is 1.54. The Kier molecular flexibility index (Phi) is 1.89. The Bertz CT molecular complexity index is 118. The fourth-order valence-electron chi connectivity index (χ4n) is 1.58. The van der Waals surface area contributed by atoms with Gasteiger partial charge in [-0.25, -0.2) is 0 Å². The predicted octanol–water partition coefficient (Wildman–Crippen LogP) is 2.01. The average molecular weight is 126 g/mol. The molecule has 0 aromatic carbocycles. The molecule has 0 bridgehead atoms. The summed E-state index contributed by atoms with van der Waals surface area (Å²) in [5, 5.41) is 0. The summed E-state index contributed by atoms with van der Waals surface area (Å²) in [6.07, 6.45) is 3.52. The first-order valence-corrected chi connectivity index (χ1v) is 3.70. The fraction of sp³-hybridized carbons (Fsp3) is 0.875. The largest absolute Gasteiger partial charge is 0.300 e. The van der Waals surface area contributed by atoms with E-state index in [2.05, 4.69) is 6.92 Å². The first-order valence-electron chi connectivity index (χ1n) is 3.70. The lowest BCUT2D eigenvalue weighted by Gasteiger charge is -2.01. The van der Waals surface area contributed by atoms with Crippen LogP contribution in [-0.4, -0.2) is 5.78 Å². The van der Waals surface area contributed by atoms with Crippen molar-refractivity contribution in [2.24, 2.45) is 11.8 Å². The molecule has 0 aliphatic heterocycles. The molecule has 1 rings (SSSR count). The number of carbonyl (C=O) groups is 1. The summed E-state index contributed by atoms with van der Waals surface area (Å²) in [5.41, 5.74) is 0. The second-order valence-corrected chi connectivity index (χ2v) is 3.23. The molecule has 0 aromatic heterocycles. The number of carbonyl (C=O) groups excluding carboxylic acids is 1. The highest BCUT2D eigenvalue weighted by Crippen LogP contribution is 2.30. The van der Waals surface area contributed by atoms with Crippen molar-refractivity contribution in [1.82, 2.24) is 0 Å². The molecule has 1 fully saturated rings. The zero-order chi connectivity index (χ0) is 6.85. The molecule has 0 aromatic rings. The normalized spacial score (nSPS) is 34.9. The third-order valence-electron chi connectivity index (χ3n) is 2.27. The van der Waals surface area contributed by atoms with Gasteiger partial charge in [-0.2, -0.15) is 0 Å². The molecule has 0 N–H and O–H groups in total. The second-order valence-electron chi connectivity index (χ2n) is 3.23. The van der Waals surface area contributed by atoms with Gasteiger partial charge in [0.1, 0.15) is 5.78 Å². The van der Waals surface area contributed by atoms with Crippen LogP contribution in [0.5, 0.6) is 0 Å². The van der Waals surface area contributed by atoms with Gasteiger partial charge in [-0.3, -0.25) is 4.79 Å². The minimum absolute atomic E-state index is 0.388. The van der Waals surface area contributed by atoms with Crippen molar-refractivity contribution in [3.63, 3.8) is 0 Å². The maximum atomic E-state index is 10.8. The molecule has 0 amide bonds. The number of hydrogen-bond donors (Lipinski definition) is 0. The van der Waals surface area contributed by atoms with Gasteiger partial charge in [0.05, 0.1) is 0 Å². The monoisotopic (exact) mass is 126 g/mol. The highest BCUT2D eigenvalue weighted by Gasteiger charge is 2.23. The lowest BCUT2D eigenvalue weighted by molar-refractivity contribution is -0.120. The third-order valence-corrected chi connectivity index (χ3v) is 2.27. The van der Waals surface area contributed by atoms with Crippen LogP contribution >= 0.6 is 0 Å². The summed E-state index contributed by atoms with van der Waals surface area (Å²) in [6, 6.07) is 0. The van der Waals surface area contributed by atoms with E-state index in [9.17, 15) is 4.79 Å². The van der Waals surface area contributed by atoms with Crippen LogP contribution in [0.25, 0.3) is 0 Å². The summed E-state index contributed by atoms with van der Waals surface area (Å²) in [6.45, 7) is 3.94. The highest BCUT2D eigenvalue weighted by atomic mass is 16.1. The molecule has 1 saturated carbocycles. The van der Waals surface area contributed by atoms with E-state index in [0.29, 0.717) is 11.7 Å². The number of ketones is 1. The fourth-order valence-corrected chi connectivity index (χ4v) is 1.58. The summed E-state index contributed by atoms with van der Waals surface area (Å²) in [4.78, 5) is 10.8. The molecule has 0 spiro atoms. The molecule has 0 radical (unpaired) electrons. The summed E-state index contributed by atoms with van der Waals surface area (Å²) < 4.78 is 0. The lowest BCUT2D eigenvalue weighted by Crippen LogP contribution is -2.05. The van der Waals surface area contributed by atoms with Crippen LogP contribution in [0.15, 0.2) is 0 Å². The Morgan fingerprint density at radius 3 is 2.33 bits per heavy atom. The molecule has 0 saturated heterocycles. The van der Waals surface area contributed by atoms with E-state index in [1.165, 1.54) is 6.42 Å². The first-order chi connectivity index (χ1) is 4.20. The molecule has 1 aliphatic rings. The van der Waals surface area contributed by atoms with Crippen LogP contribution in [0, 0.1) is 11.8 Å². The Labute approximate surface area is 56.4 Å². The highest BCUT2D eigenvalue weighted by molar-refractivity contribution is 5.78. The van der Waals surface area contributed by atoms with Crippen LogP contribution in [0.2, 0.25) is 0 Å². The van der Waals surface area contributed by atoms with Crippen molar-refractivity contribution >= 4 is 5.78 Å². The van der Waals surface area contributed by atoms with Crippen molar-refractivity contribution in [3.05, 3.63) is 0 Å². The summed E-state index contributed by atoms with van der Waals surface area (Å²) >= 11 is 0. The Balaban J connectivity index is 2.39. The molecule has 1 heteroatoms. The van der Waals surface area contributed by atoms with Crippen molar-refractivity contribution < 1.29 is 4.79 Å². The SMILES string of the molecule is CC(=O)[C@H]1CCC(C)C1. The van der Waals surface area contributed by atoms with Crippen LogP contribution in [0.1, 0.15) is 33.1 Å². The van der Waals surface area contributed by atoms with Crippen molar-refractivity contribution in [2.45, 2.75) is 33.1 Å². The van der Waals surface area contributed by atoms with E-state index in [-0.39, 0.29) is 0 Å². The smallest absolute Gasteiger partial charge is 0.132 e. The maximum Gasteiger partial charge on any atom is 0.132 e. The van der Waals surface area contributed by atoms with Gasteiger partial charge >= 0.3 is 0 Å². The Morgan fingerprint density at radius 2 is 2.11 bits per heavy atom. The predicted molar refractivity (Wildman–Crippen MR) is 37.2 cm³/mol. The standard InChI is InChI=1S/C8H14O/c1-6-3-4-8(5-6)7(2)9/h6,8H,3-5H2,1-2H3/t6?,8-/m0/s1. The quantitative estimate of drug-likeness (QED) is 0.525. The van der Waals surface area contributed by atoms with Gasteiger partial charge in [0, 0.05) is 5.92 Å². The van der Waals surface area contributed by atoms with Gasteiger partial charge in [-0.1, -0.05) is 6.92 Å². The van der Waals surface area contributed by atoms with Crippen molar-refractivity contribution in [2.75, 3.05) is 0 Å². The number of Topliss-reactive ketones (excluding diaryl/α,β-unsaturated/α-hetero) is 1. The van der Waals surface area contributed by atoms with Gasteiger partial charge in [-0.05, 0) is 32.1 Å². The molecule has 2 atom stereocenters. The van der Waals surface area contributed by atoms with Crippen molar-refractivity contribution in [1.29, 1.82) is 0 Å². The first kappa shape index (κ1) is 6.79. The zero-order valence-electron chi connectivity index (χ0n) is 6.18. The lowest BCUT2D eigenvalue weighted by atomic mass is 10.0. The minimum Gasteiger partial charge on any atom is -0.300 e. The van der Waals surface area contributed by atoms with Gasteiger partial charge in [0.15, 0.2) is 0 Å². The second kappa shape index (κ2) is 2.51. The zero-order valence-corrected chi connectivity index (χ0v) is 6.18. The molecule has 0 heterocycles. The minimum atomic E-state index is 0.388. The molecule has 1 nitrogen and oxygen atoms in total. The van der Waals surface area contributed by atoms with Crippen LogP contribution in [0.3, 0.4) is 0 Å². The molecule has 9 heavy (non-hydrogen) atoms. The number of rotatable bonds is 1. The molecule has 52 valence electrons. The van der Waals surface area contributed by atoms with Crippen LogP contribution < -0.4 is 0 Å². The van der Waals surface area contributed by atoms with E-state index in [1.54, 1.807) is 6.92 Å². The summed E-state index contributed by atoms with van der Waals surface area (Å²) in [7, 11) is 0. The van der Waals surface area contributed by atoms with E-state index < -0.39 is 0 Å². The van der Waals surface area contributed by atoms with E-state index in [4.69, 9.17) is 0 Å². The van der Waals surface area contributed by atoms with E-state index in [1.807, 2.05) is 0 Å². The van der Waals surface area contributed by atoms with Crippen molar-refractivity contribution in [3.8, 4) is 0 Å². The molecule has 1 aliphatic carbocycles. The van der Waals surface area contributed by atoms with Crippen LogP contribution in [0.4, 0.5) is 0 Å². The summed E-state index contributed by atoms with van der Waals surface area (Å²) in [5.74, 6) is 1.58. The van der Waals surface area contributed by atoms with Gasteiger partial charge in [-0.15, -0.1) is 0 Å². The topological polar surface area (TPSA) is 17.1 Å². The van der Waals surface area contributed by atoms with Gasteiger partial charge < -0.3 is 0 Å². The molecule has 1 unspecified atom stereocenters. The van der Waals surface area contributed by atoms with Crippen LogP contribution in [-0.2, 0) is 4.79 Å². The maximum absolute atomic E-state index is 10.8. The Morgan fingerprint density at radius 1 is 1.44 bits per heavy atom. The van der Waals surface area contributed by atoms with Gasteiger partial charge in [0.2, 0.25) is 0 Å². The average Bonchev–Trinajstić information content (AvgIpc) is 2.14. The molecular formula is C8H14O. The Hall–Kier alpha value is -0.330.